The molecule has 4 rings (SSSR count). The normalized spacial score (nSPS) is 17.4. The second kappa shape index (κ2) is 8.51. The maximum absolute atomic E-state index is 13.1. The van der Waals surface area contributed by atoms with Gasteiger partial charge in [0.15, 0.2) is 5.78 Å². The maximum atomic E-state index is 13.1. The van der Waals surface area contributed by atoms with Crippen LogP contribution in [0.25, 0.3) is 5.76 Å². The summed E-state index contributed by atoms with van der Waals surface area (Å²) in [5, 5.41) is 11.0. The molecule has 3 aromatic rings. The number of aliphatic hydroxyl groups is 1. The Morgan fingerprint density at radius 2 is 1.50 bits per heavy atom. The van der Waals surface area contributed by atoms with Gasteiger partial charge >= 0.3 is 0 Å². The minimum Gasteiger partial charge on any atom is -0.507 e. The van der Waals surface area contributed by atoms with Crippen molar-refractivity contribution >= 4 is 28.9 Å². The summed E-state index contributed by atoms with van der Waals surface area (Å²) in [6.07, 6.45) is 0. The van der Waals surface area contributed by atoms with E-state index in [9.17, 15) is 19.5 Å². The van der Waals surface area contributed by atoms with Gasteiger partial charge in [0.2, 0.25) is 0 Å². The molecular weight excluding hydrogens is 406 g/mol. The molecule has 1 amide bonds. The van der Waals surface area contributed by atoms with E-state index >= 15 is 0 Å². The summed E-state index contributed by atoms with van der Waals surface area (Å²) in [5.41, 5.74) is 2.02. The van der Waals surface area contributed by atoms with Gasteiger partial charge < -0.3 is 9.84 Å². The molecule has 0 bridgehead atoms. The van der Waals surface area contributed by atoms with Crippen LogP contribution in [0, 0.1) is 0 Å². The number of hydrogen-bond donors (Lipinski definition) is 1. The van der Waals surface area contributed by atoms with E-state index in [1.165, 1.54) is 11.8 Å². The van der Waals surface area contributed by atoms with Gasteiger partial charge in [-0.2, -0.15) is 0 Å². The Kier molecular flexibility index (Phi) is 5.60. The van der Waals surface area contributed by atoms with Crippen molar-refractivity contribution in [1.82, 2.24) is 0 Å². The first-order valence-electron chi connectivity index (χ1n) is 10.0. The number of methoxy groups -OCH3 is 1. The number of amides is 1. The number of carbonyl (C=O) groups excluding carboxylic acids is 3. The zero-order valence-corrected chi connectivity index (χ0v) is 17.6. The molecule has 0 aliphatic carbocycles. The number of carbonyl (C=O) groups is 3. The molecule has 0 spiro atoms. The van der Waals surface area contributed by atoms with Crippen molar-refractivity contribution in [3.05, 3.63) is 101 Å². The van der Waals surface area contributed by atoms with E-state index in [1.54, 1.807) is 86.0 Å². The van der Waals surface area contributed by atoms with E-state index in [0.717, 1.165) is 0 Å². The van der Waals surface area contributed by atoms with E-state index in [2.05, 4.69) is 0 Å². The van der Waals surface area contributed by atoms with E-state index in [4.69, 9.17) is 4.74 Å². The zero-order valence-electron chi connectivity index (χ0n) is 17.6. The maximum Gasteiger partial charge on any atom is 0.300 e. The fourth-order valence-electron chi connectivity index (χ4n) is 3.81. The van der Waals surface area contributed by atoms with Gasteiger partial charge in [-0.15, -0.1) is 0 Å². The lowest BCUT2D eigenvalue weighted by atomic mass is 9.95. The molecular formula is C26H21NO5. The van der Waals surface area contributed by atoms with Crippen molar-refractivity contribution < 1.29 is 24.2 Å². The average molecular weight is 427 g/mol. The number of hydrogen-bond acceptors (Lipinski definition) is 5. The second-order valence-electron chi connectivity index (χ2n) is 7.41. The van der Waals surface area contributed by atoms with E-state index in [1.807, 2.05) is 0 Å². The van der Waals surface area contributed by atoms with Crippen LogP contribution in [0.1, 0.15) is 34.5 Å². The lowest BCUT2D eigenvalue weighted by Crippen LogP contribution is -2.29. The molecule has 0 aromatic heterocycles. The second-order valence-corrected chi connectivity index (χ2v) is 7.41. The molecule has 160 valence electrons. The predicted molar refractivity (Wildman–Crippen MR) is 121 cm³/mol. The molecule has 6 heteroatoms. The van der Waals surface area contributed by atoms with Gasteiger partial charge in [-0.1, -0.05) is 42.5 Å². The summed E-state index contributed by atoms with van der Waals surface area (Å²) in [6.45, 7) is 1.46. The summed E-state index contributed by atoms with van der Waals surface area (Å²) in [5.74, 6) is -1.25. The minimum absolute atomic E-state index is 0.00186. The summed E-state index contributed by atoms with van der Waals surface area (Å²) in [7, 11) is 1.55. The Morgan fingerprint density at radius 1 is 0.875 bits per heavy atom. The molecule has 1 aliphatic rings. The van der Waals surface area contributed by atoms with Gasteiger partial charge in [0, 0.05) is 16.8 Å². The molecule has 1 fully saturated rings. The number of nitrogens with zero attached hydrogens (tertiary/aromatic N) is 1. The van der Waals surface area contributed by atoms with Crippen LogP contribution < -0.4 is 9.64 Å². The van der Waals surface area contributed by atoms with Gasteiger partial charge in [-0.3, -0.25) is 19.3 Å². The minimum atomic E-state index is -0.843. The number of aliphatic hydroxyl groups excluding tert-OH is 1. The highest BCUT2D eigenvalue weighted by Gasteiger charge is 2.46. The molecule has 1 atom stereocenters. The predicted octanol–water partition coefficient (Wildman–Crippen LogP) is 4.52. The van der Waals surface area contributed by atoms with Crippen molar-refractivity contribution in [1.29, 1.82) is 0 Å². The molecule has 0 unspecified atom stereocenters. The van der Waals surface area contributed by atoms with Crippen LogP contribution in [-0.4, -0.2) is 29.7 Å². The van der Waals surface area contributed by atoms with Gasteiger partial charge in [-0.05, 0) is 48.9 Å². The number of ether oxygens (including phenoxy) is 1. The molecule has 0 radical (unpaired) electrons. The zero-order chi connectivity index (χ0) is 22.8. The van der Waals surface area contributed by atoms with Crippen LogP contribution in [0.3, 0.4) is 0 Å². The molecule has 1 N–H and O–H groups in total. The van der Waals surface area contributed by atoms with E-state index in [0.29, 0.717) is 28.1 Å². The van der Waals surface area contributed by atoms with Crippen molar-refractivity contribution in [3.8, 4) is 5.75 Å². The summed E-state index contributed by atoms with van der Waals surface area (Å²) < 4.78 is 5.22. The fourth-order valence-corrected chi connectivity index (χ4v) is 3.81. The molecule has 0 saturated carbocycles. The lowest BCUT2D eigenvalue weighted by Gasteiger charge is -2.25. The van der Waals surface area contributed by atoms with Gasteiger partial charge in [-0.25, -0.2) is 0 Å². The van der Waals surface area contributed by atoms with Crippen molar-refractivity contribution in [2.24, 2.45) is 0 Å². The van der Waals surface area contributed by atoms with Crippen LogP contribution in [0.5, 0.6) is 5.75 Å². The van der Waals surface area contributed by atoms with Crippen molar-refractivity contribution in [2.45, 2.75) is 13.0 Å². The van der Waals surface area contributed by atoms with Crippen LogP contribution in [-0.2, 0) is 9.59 Å². The first-order valence-corrected chi connectivity index (χ1v) is 10.0. The Labute approximate surface area is 185 Å². The molecule has 1 saturated heterocycles. The Bertz CT molecular complexity index is 1210. The lowest BCUT2D eigenvalue weighted by molar-refractivity contribution is -0.132. The van der Waals surface area contributed by atoms with E-state index < -0.39 is 17.7 Å². The van der Waals surface area contributed by atoms with Gasteiger partial charge in [0.1, 0.15) is 11.5 Å². The molecule has 32 heavy (non-hydrogen) atoms. The number of anilines is 1. The molecule has 1 aliphatic heterocycles. The Hall–Kier alpha value is -4.19. The first kappa shape index (κ1) is 21.1. The van der Waals surface area contributed by atoms with Crippen molar-refractivity contribution in [3.63, 3.8) is 0 Å². The quantitative estimate of drug-likeness (QED) is 0.280. The highest BCUT2D eigenvalue weighted by molar-refractivity contribution is 6.51. The largest absolute Gasteiger partial charge is 0.507 e. The van der Waals surface area contributed by atoms with Crippen molar-refractivity contribution in [2.75, 3.05) is 12.0 Å². The summed E-state index contributed by atoms with van der Waals surface area (Å²) in [4.78, 5) is 39.2. The summed E-state index contributed by atoms with van der Waals surface area (Å²) >= 11 is 0. The molecule has 3 aromatic carbocycles. The number of Topliss-reactive ketones (excluding diaryl/α,β-unsaturated/α-hetero) is 2. The molecule has 6 nitrogen and oxygen atoms in total. The van der Waals surface area contributed by atoms with Gasteiger partial charge in [0.25, 0.3) is 11.7 Å². The highest BCUT2D eigenvalue weighted by atomic mass is 16.5. The fraction of sp³-hybridized carbons (Fsp3) is 0.115. The SMILES string of the molecule is COc1ccc([C@@H]2C(=C(O)c3ccccc3)C(=O)C(=O)N2c2ccc(C(C)=O)cc2)cc1. The Morgan fingerprint density at radius 3 is 2.06 bits per heavy atom. The van der Waals surface area contributed by atoms with Crippen LogP contribution in [0.15, 0.2) is 84.4 Å². The number of rotatable bonds is 5. The average Bonchev–Trinajstić information content (AvgIpc) is 3.09. The molecule has 1 heterocycles. The van der Waals surface area contributed by atoms with E-state index in [-0.39, 0.29) is 17.1 Å². The first-order chi connectivity index (χ1) is 15.4. The summed E-state index contributed by atoms with van der Waals surface area (Å²) in [6, 6.07) is 21.2. The number of benzene rings is 3. The number of ketones is 2. The van der Waals surface area contributed by atoms with Crippen LogP contribution in [0.2, 0.25) is 0 Å². The third-order valence-electron chi connectivity index (χ3n) is 5.48. The highest BCUT2D eigenvalue weighted by Crippen LogP contribution is 2.42. The third-order valence-corrected chi connectivity index (χ3v) is 5.48. The smallest absolute Gasteiger partial charge is 0.300 e. The topological polar surface area (TPSA) is 83.9 Å². The van der Waals surface area contributed by atoms with Gasteiger partial charge in [0.05, 0.1) is 18.7 Å². The van der Waals surface area contributed by atoms with Crippen LogP contribution in [0.4, 0.5) is 5.69 Å². The Balaban J connectivity index is 1.90. The standard InChI is InChI=1S/C26H21NO5/c1-16(28)17-8-12-20(13-9-17)27-23(18-10-14-21(32-2)15-11-18)22(25(30)26(27)31)24(29)19-6-4-3-5-7-19/h3-15,23,29H,1-2H3/t23-/m1/s1. The third kappa shape index (κ3) is 3.67. The monoisotopic (exact) mass is 427 g/mol. The van der Waals surface area contributed by atoms with Crippen LogP contribution >= 0.6 is 0 Å².